The number of pyridine rings is 1. The zero-order valence-corrected chi connectivity index (χ0v) is 6.68. The van der Waals surface area contributed by atoms with E-state index in [9.17, 15) is 9.59 Å². The molecule has 0 atom stereocenters. The van der Waals surface area contributed by atoms with Crippen molar-refractivity contribution < 1.29 is 14.7 Å². The second-order valence-corrected chi connectivity index (χ2v) is 2.27. The van der Waals surface area contributed by atoms with Gasteiger partial charge in [-0.1, -0.05) is 0 Å². The number of carbonyl (C=O) groups is 2. The Kier molecular flexibility index (Phi) is 2.92. The van der Waals surface area contributed by atoms with Crippen LogP contribution in [0.2, 0.25) is 0 Å². The fraction of sp³-hybridized carbons (Fsp3) is 0. The lowest BCUT2D eigenvalue weighted by atomic mass is 10.2. The van der Waals surface area contributed by atoms with Gasteiger partial charge < -0.3 is 5.11 Å². The summed E-state index contributed by atoms with van der Waals surface area (Å²) in [6.45, 7) is 0. The minimum Gasteiger partial charge on any atom is -0.478 e. The van der Waals surface area contributed by atoms with Crippen LogP contribution in [0.5, 0.6) is 0 Å². The molecular weight excluding hydrogens is 170 g/mol. The molecule has 0 fully saturated rings. The molecule has 0 saturated heterocycles. The van der Waals surface area contributed by atoms with Gasteiger partial charge in [0, 0.05) is 6.20 Å². The molecule has 0 radical (unpaired) electrons. The maximum Gasteiger partial charge on any atom is 0.337 e. The molecule has 0 amide bonds. The van der Waals surface area contributed by atoms with E-state index in [2.05, 4.69) is 4.98 Å². The molecule has 1 rings (SSSR count). The summed E-state index contributed by atoms with van der Waals surface area (Å²) in [7, 11) is 0. The fourth-order valence-corrected chi connectivity index (χ4v) is 0.768. The van der Waals surface area contributed by atoms with E-state index in [0.717, 1.165) is 0 Å². The average Bonchev–Trinajstić information content (AvgIpc) is 2.15. The highest BCUT2D eigenvalue weighted by atomic mass is 16.4. The van der Waals surface area contributed by atoms with E-state index in [1.54, 1.807) is 0 Å². The lowest BCUT2D eigenvalue weighted by molar-refractivity contribution is -0.104. The van der Waals surface area contributed by atoms with Gasteiger partial charge in [0.15, 0.2) is 0 Å². The van der Waals surface area contributed by atoms with Crippen LogP contribution in [0.3, 0.4) is 0 Å². The smallest absolute Gasteiger partial charge is 0.337 e. The fourth-order valence-electron chi connectivity index (χ4n) is 0.768. The number of hydrogen-bond acceptors (Lipinski definition) is 3. The van der Waals surface area contributed by atoms with E-state index in [1.807, 2.05) is 0 Å². The minimum absolute atomic E-state index is 0.128. The number of nitrogens with zero attached hydrogens (tertiary/aromatic N) is 1. The molecular formula is C9H7NO3. The van der Waals surface area contributed by atoms with Crippen molar-refractivity contribution in [1.29, 1.82) is 0 Å². The van der Waals surface area contributed by atoms with Crippen molar-refractivity contribution >= 4 is 18.3 Å². The monoisotopic (exact) mass is 177 g/mol. The second kappa shape index (κ2) is 4.15. The summed E-state index contributed by atoms with van der Waals surface area (Å²) in [5, 5.41) is 8.54. The Morgan fingerprint density at radius 1 is 1.46 bits per heavy atom. The van der Waals surface area contributed by atoms with Crippen LogP contribution in [-0.2, 0) is 4.79 Å². The van der Waals surface area contributed by atoms with E-state index in [0.29, 0.717) is 12.0 Å². The van der Waals surface area contributed by atoms with Gasteiger partial charge in [-0.15, -0.1) is 0 Å². The van der Waals surface area contributed by atoms with Crippen LogP contribution in [-0.4, -0.2) is 22.3 Å². The number of carboxylic acid groups (broad SMARTS) is 1. The Labute approximate surface area is 74.5 Å². The van der Waals surface area contributed by atoms with E-state index < -0.39 is 5.97 Å². The van der Waals surface area contributed by atoms with Crippen LogP contribution in [0.15, 0.2) is 24.4 Å². The molecule has 0 aliphatic carbocycles. The van der Waals surface area contributed by atoms with Crippen molar-refractivity contribution in [2.24, 2.45) is 0 Å². The highest BCUT2D eigenvalue weighted by Crippen LogP contribution is 2.01. The Morgan fingerprint density at radius 3 is 2.69 bits per heavy atom. The molecule has 0 unspecified atom stereocenters. The SMILES string of the molecule is O=CC=Cc1ccc(C(=O)O)cn1. The number of allylic oxidation sites excluding steroid dienone is 1. The highest BCUT2D eigenvalue weighted by Gasteiger charge is 2.00. The number of aldehydes is 1. The van der Waals surface area contributed by atoms with Crippen molar-refractivity contribution in [3.8, 4) is 0 Å². The van der Waals surface area contributed by atoms with Crippen LogP contribution in [0, 0.1) is 0 Å². The third kappa shape index (κ3) is 2.52. The van der Waals surface area contributed by atoms with Gasteiger partial charge in [-0.3, -0.25) is 9.78 Å². The third-order valence-electron chi connectivity index (χ3n) is 1.38. The van der Waals surface area contributed by atoms with Gasteiger partial charge in [0.2, 0.25) is 0 Å². The average molecular weight is 177 g/mol. The zero-order chi connectivity index (χ0) is 9.68. The molecule has 4 heteroatoms. The van der Waals surface area contributed by atoms with E-state index in [1.165, 1.54) is 30.5 Å². The first kappa shape index (κ1) is 9.12. The van der Waals surface area contributed by atoms with Gasteiger partial charge in [0.05, 0.1) is 11.3 Å². The number of aromatic carboxylic acids is 1. The lowest BCUT2D eigenvalue weighted by Crippen LogP contribution is -1.96. The molecule has 0 aliphatic heterocycles. The van der Waals surface area contributed by atoms with Crippen LogP contribution in [0.1, 0.15) is 16.1 Å². The molecule has 1 heterocycles. The normalized spacial score (nSPS) is 10.2. The Balaban J connectivity index is 2.87. The lowest BCUT2D eigenvalue weighted by Gasteiger charge is -1.93. The van der Waals surface area contributed by atoms with E-state index in [4.69, 9.17) is 5.11 Å². The number of hydrogen-bond donors (Lipinski definition) is 1. The summed E-state index contributed by atoms with van der Waals surface area (Å²) in [6.07, 6.45) is 4.67. The molecule has 66 valence electrons. The maximum atomic E-state index is 10.4. The molecule has 1 N–H and O–H groups in total. The predicted molar refractivity (Wildman–Crippen MR) is 46.3 cm³/mol. The number of carboxylic acids is 1. The highest BCUT2D eigenvalue weighted by molar-refractivity contribution is 5.87. The summed E-state index contributed by atoms with van der Waals surface area (Å²) in [5.41, 5.74) is 0.681. The first-order valence-corrected chi connectivity index (χ1v) is 3.55. The Hall–Kier alpha value is -1.97. The molecule has 4 nitrogen and oxygen atoms in total. The van der Waals surface area contributed by atoms with E-state index >= 15 is 0 Å². The number of carbonyl (C=O) groups excluding carboxylic acids is 1. The van der Waals surface area contributed by atoms with Crippen molar-refractivity contribution in [1.82, 2.24) is 4.98 Å². The summed E-state index contributed by atoms with van der Waals surface area (Å²) < 4.78 is 0. The van der Waals surface area contributed by atoms with Gasteiger partial charge in [-0.25, -0.2) is 4.79 Å². The quantitative estimate of drug-likeness (QED) is 0.552. The molecule has 0 aliphatic rings. The van der Waals surface area contributed by atoms with Crippen molar-refractivity contribution in [3.63, 3.8) is 0 Å². The largest absolute Gasteiger partial charge is 0.478 e. The summed E-state index contributed by atoms with van der Waals surface area (Å²) in [5.74, 6) is -1.02. The van der Waals surface area contributed by atoms with Crippen molar-refractivity contribution in [2.45, 2.75) is 0 Å². The molecule has 0 spiro atoms. The predicted octanol–water partition coefficient (Wildman–Crippen LogP) is 0.992. The van der Waals surface area contributed by atoms with Crippen LogP contribution < -0.4 is 0 Å². The van der Waals surface area contributed by atoms with Gasteiger partial charge in [-0.05, 0) is 24.3 Å². The summed E-state index contributed by atoms with van der Waals surface area (Å²) in [6, 6.07) is 2.96. The van der Waals surface area contributed by atoms with Gasteiger partial charge in [0.25, 0.3) is 0 Å². The van der Waals surface area contributed by atoms with Gasteiger partial charge in [-0.2, -0.15) is 0 Å². The standard InChI is InChI=1S/C9H7NO3/c11-5-1-2-8-4-3-7(6-10-8)9(12)13/h1-6H,(H,12,13). The molecule has 0 aromatic carbocycles. The molecule has 13 heavy (non-hydrogen) atoms. The minimum atomic E-state index is -1.02. The molecule has 0 bridgehead atoms. The molecule has 1 aromatic rings. The van der Waals surface area contributed by atoms with Crippen LogP contribution in [0.4, 0.5) is 0 Å². The molecule has 0 saturated carbocycles. The van der Waals surface area contributed by atoms with Crippen molar-refractivity contribution in [3.05, 3.63) is 35.7 Å². The van der Waals surface area contributed by atoms with Crippen LogP contribution >= 0.6 is 0 Å². The van der Waals surface area contributed by atoms with Gasteiger partial charge in [0.1, 0.15) is 6.29 Å². The van der Waals surface area contributed by atoms with Crippen LogP contribution in [0.25, 0.3) is 6.08 Å². The Morgan fingerprint density at radius 2 is 2.23 bits per heavy atom. The summed E-state index contributed by atoms with van der Waals surface area (Å²) in [4.78, 5) is 24.2. The second-order valence-electron chi connectivity index (χ2n) is 2.27. The first-order valence-electron chi connectivity index (χ1n) is 3.55. The van der Waals surface area contributed by atoms with E-state index in [-0.39, 0.29) is 5.56 Å². The number of rotatable bonds is 3. The third-order valence-corrected chi connectivity index (χ3v) is 1.38. The Bertz CT molecular complexity index is 340. The number of aromatic nitrogens is 1. The van der Waals surface area contributed by atoms with Crippen molar-refractivity contribution in [2.75, 3.05) is 0 Å². The molecule has 1 aromatic heterocycles. The zero-order valence-electron chi connectivity index (χ0n) is 6.68. The topological polar surface area (TPSA) is 67.3 Å². The van der Waals surface area contributed by atoms with Gasteiger partial charge >= 0.3 is 5.97 Å². The first-order chi connectivity index (χ1) is 6.24. The summed E-state index contributed by atoms with van der Waals surface area (Å²) >= 11 is 0. The maximum absolute atomic E-state index is 10.4.